The van der Waals surface area contributed by atoms with Gasteiger partial charge in [-0.1, -0.05) is 24.3 Å². The highest BCUT2D eigenvalue weighted by Gasteiger charge is 2.17. The summed E-state index contributed by atoms with van der Waals surface area (Å²) in [4.78, 5) is 0.139. The second-order valence-electron chi connectivity index (χ2n) is 5.28. The van der Waals surface area contributed by atoms with E-state index in [2.05, 4.69) is 4.72 Å². The molecule has 2 rings (SSSR count). The van der Waals surface area contributed by atoms with Crippen molar-refractivity contribution in [3.05, 3.63) is 59.2 Å². The molecule has 2 aromatic rings. The van der Waals surface area contributed by atoms with Crippen molar-refractivity contribution in [3.8, 4) is 11.8 Å². The number of nitriles is 1. The van der Waals surface area contributed by atoms with Crippen LogP contribution in [0.25, 0.3) is 0 Å². The highest BCUT2D eigenvalue weighted by molar-refractivity contribution is 7.89. The molecule has 0 bridgehead atoms. The molecule has 0 spiro atoms. The first-order chi connectivity index (χ1) is 11.5. The summed E-state index contributed by atoms with van der Waals surface area (Å²) < 4.78 is 33.1. The number of aryl methyl sites for hydroxylation is 1. The van der Waals surface area contributed by atoms with E-state index in [9.17, 15) is 8.42 Å². The van der Waals surface area contributed by atoms with Crippen LogP contribution in [0.4, 0.5) is 0 Å². The summed E-state index contributed by atoms with van der Waals surface area (Å²) in [6, 6.07) is 14.2. The maximum atomic E-state index is 12.5. The minimum absolute atomic E-state index is 0.139. The Morgan fingerprint density at radius 3 is 2.67 bits per heavy atom. The summed E-state index contributed by atoms with van der Waals surface area (Å²) in [6.07, 6.45) is 0.520. The summed E-state index contributed by atoms with van der Waals surface area (Å²) >= 11 is 0. The molecule has 0 saturated heterocycles. The maximum absolute atomic E-state index is 12.5. The molecule has 0 radical (unpaired) electrons. The van der Waals surface area contributed by atoms with Gasteiger partial charge in [-0.25, -0.2) is 13.1 Å². The van der Waals surface area contributed by atoms with Gasteiger partial charge in [0.25, 0.3) is 0 Å². The van der Waals surface area contributed by atoms with Crippen molar-refractivity contribution in [2.24, 2.45) is 0 Å². The molecule has 24 heavy (non-hydrogen) atoms. The number of ether oxygens (including phenoxy) is 1. The van der Waals surface area contributed by atoms with E-state index in [-0.39, 0.29) is 11.4 Å². The van der Waals surface area contributed by atoms with Gasteiger partial charge >= 0.3 is 0 Å². The molecule has 0 aromatic heterocycles. The number of hydrogen-bond acceptors (Lipinski definition) is 4. The molecule has 0 aliphatic heterocycles. The first-order valence-corrected chi connectivity index (χ1v) is 9.17. The van der Waals surface area contributed by atoms with Crippen LogP contribution in [-0.2, 0) is 16.4 Å². The van der Waals surface area contributed by atoms with Crippen molar-refractivity contribution < 1.29 is 13.2 Å². The molecular formula is C18H20N2O3S. The van der Waals surface area contributed by atoms with Crippen LogP contribution in [0.2, 0.25) is 0 Å². The van der Waals surface area contributed by atoms with Crippen LogP contribution in [0, 0.1) is 18.3 Å². The first-order valence-electron chi connectivity index (χ1n) is 7.69. The van der Waals surface area contributed by atoms with E-state index < -0.39 is 10.0 Å². The van der Waals surface area contributed by atoms with Crippen molar-refractivity contribution in [2.45, 2.75) is 25.2 Å². The molecule has 5 nitrogen and oxygen atoms in total. The van der Waals surface area contributed by atoms with Crippen LogP contribution in [0.15, 0.2) is 47.4 Å². The largest absolute Gasteiger partial charge is 0.494 e. The van der Waals surface area contributed by atoms with Gasteiger partial charge < -0.3 is 4.74 Å². The maximum Gasteiger partial charge on any atom is 0.240 e. The monoisotopic (exact) mass is 344 g/mol. The predicted molar refractivity (Wildman–Crippen MR) is 92.4 cm³/mol. The van der Waals surface area contributed by atoms with Crippen molar-refractivity contribution in [1.29, 1.82) is 5.26 Å². The molecule has 0 unspecified atom stereocenters. The van der Waals surface area contributed by atoms with E-state index in [1.165, 1.54) is 6.07 Å². The van der Waals surface area contributed by atoms with E-state index in [4.69, 9.17) is 10.00 Å². The molecular weight excluding hydrogens is 324 g/mol. The number of nitrogens with zero attached hydrogens (tertiary/aromatic N) is 1. The van der Waals surface area contributed by atoms with Gasteiger partial charge in [-0.2, -0.15) is 5.26 Å². The van der Waals surface area contributed by atoms with E-state index in [1.54, 1.807) is 19.1 Å². The predicted octanol–water partition coefficient (Wildman–Crippen LogP) is 2.79. The summed E-state index contributed by atoms with van der Waals surface area (Å²) in [6.45, 7) is 4.43. The summed E-state index contributed by atoms with van der Waals surface area (Å²) in [5.41, 5.74) is 1.88. The molecule has 0 saturated carbocycles. The number of para-hydroxylation sites is 1. The van der Waals surface area contributed by atoms with E-state index in [0.717, 1.165) is 11.3 Å². The second kappa shape index (κ2) is 7.95. The van der Waals surface area contributed by atoms with E-state index >= 15 is 0 Å². The average Bonchev–Trinajstić information content (AvgIpc) is 2.57. The van der Waals surface area contributed by atoms with Crippen molar-refractivity contribution in [2.75, 3.05) is 13.2 Å². The SMILES string of the molecule is CCOc1ccccc1CCNS(=O)(=O)c1cc(C#N)ccc1C. The van der Waals surface area contributed by atoms with E-state index in [0.29, 0.717) is 24.2 Å². The minimum atomic E-state index is -3.66. The van der Waals surface area contributed by atoms with Crippen LogP contribution in [-0.4, -0.2) is 21.6 Å². The Labute approximate surface area is 142 Å². The lowest BCUT2D eigenvalue weighted by Crippen LogP contribution is -2.26. The number of rotatable bonds is 7. The third-order valence-corrected chi connectivity index (χ3v) is 5.17. The molecule has 0 atom stereocenters. The molecule has 0 fully saturated rings. The van der Waals surface area contributed by atoms with Crippen LogP contribution in [0.5, 0.6) is 5.75 Å². The van der Waals surface area contributed by atoms with Gasteiger partial charge in [0.15, 0.2) is 0 Å². The first kappa shape index (κ1) is 18.0. The van der Waals surface area contributed by atoms with Crippen LogP contribution < -0.4 is 9.46 Å². The zero-order valence-electron chi connectivity index (χ0n) is 13.7. The van der Waals surface area contributed by atoms with Crippen LogP contribution in [0.1, 0.15) is 23.6 Å². The second-order valence-corrected chi connectivity index (χ2v) is 7.02. The molecule has 0 aliphatic carbocycles. The quantitative estimate of drug-likeness (QED) is 0.837. The lowest BCUT2D eigenvalue weighted by atomic mass is 10.1. The van der Waals surface area contributed by atoms with Gasteiger partial charge in [-0.3, -0.25) is 0 Å². The molecule has 0 amide bonds. The lowest BCUT2D eigenvalue weighted by Gasteiger charge is -2.12. The van der Waals surface area contributed by atoms with Gasteiger partial charge in [0.05, 0.1) is 23.1 Å². The number of sulfonamides is 1. The fourth-order valence-corrected chi connectivity index (χ4v) is 3.66. The summed E-state index contributed by atoms with van der Waals surface area (Å²) in [5, 5.41) is 8.95. The molecule has 2 aromatic carbocycles. The smallest absolute Gasteiger partial charge is 0.240 e. The Morgan fingerprint density at radius 1 is 1.21 bits per heavy atom. The highest BCUT2D eigenvalue weighted by atomic mass is 32.2. The summed E-state index contributed by atoms with van der Waals surface area (Å²) in [5.74, 6) is 0.766. The van der Waals surface area contributed by atoms with Crippen LogP contribution in [0.3, 0.4) is 0 Å². The zero-order valence-corrected chi connectivity index (χ0v) is 14.6. The standard InChI is InChI=1S/C18H20N2O3S/c1-3-23-17-7-5-4-6-16(17)10-11-20-24(21,22)18-12-15(13-19)9-8-14(18)2/h4-9,12,20H,3,10-11H2,1-2H3. The van der Waals surface area contributed by atoms with Gasteiger partial charge in [0, 0.05) is 6.54 Å². The Bertz CT molecular complexity index is 855. The number of nitrogens with one attached hydrogen (secondary N) is 1. The van der Waals surface area contributed by atoms with Crippen LogP contribution >= 0.6 is 0 Å². The lowest BCUT2D eigenvalue weighted by molar-refractivity contribution is 0.336. The Kier molecular flexibility index (Phi) is 5.96. The fourth-order valence-electron chi connectivity index (χ4n) is 2.36. The Morgan fingerprint density at radius 2 is 1.96 bits per heavy atom. The third kappa shape index (κ3) is 4.34. The topological polar surface area (TPSA) is 79.2 Å². The Hall–Kier alpha value is -2.36. The average molecular weight is 344 g/mol. The Balaban J connectivity index is 2.11. The number of hydrogen-bond donors (Lipinski definition) is 1. The molecule has 6 heteroatoms. The minimum Gasteiger partial charge on any atom is -0.494 e. The summed E-state index contributed by atoms with van der Waals surface area (Å²) in [7, 11) is -3.66. The molecule has 126 valence electrons. The number of benzene rings is 2. The normalized spacial score (nSPS) is 11.0. The highest BCUT2D eigenvalue weighted by Crippen LogP contribution is 2.19. The van der Waals surface area contributed by atoms with Crippen molar-refractivity contribution in [1.82, 2.24) is 4.72 Å². The third-order valence-electron chi connectivity index (χ3n) is 3.57. The van der Waals surface area contributed by atoms with Gasteiger partial charge in [-0.15, -0.1) is 0 Å². The molecule has 0 heterocycles. The van der Waals surface area contributed by atoms with Gasteiger partial charge in [-0.05, 0) is 49.6 Å². The zero-order chi connectivity index (χ0) is 17.6. The van der Waals surface area contributed by atoms with E-state index in [1.807, 2.05) is 37.3 Å². The molecule has 1 N–H and O–H groups in total. The van der Waals surface area contributed by atoms with Crippen molar-refractivity contribution >= 4 is 10.0 Å². The van der Waals surface area contributed by atoms with Gasteiger partial charge in [0.2, 0.25) is 10.0 Å². The fraction of sp³-hybridized carbons (Fsp3) is 0.278. The van der Waals surface area contributed by atoms with Crippen molar-refractivity contribution in [3.63, 3.8) is 0 Å². The van der Waals surface area contributed by atoms with Gasteiger partial charge in [0.1, 0.15) is 5.75 Å². The molecule has 0 aliphatic rings.